The number of methoxy groups -OCH3 is 2. The number of carbonyl (C=O) groups excluding carboxylic acids is 2. The van der Waals surface area contributed by atoms with Gasteiger partial charge >= 0.3 is 0 Å². The molecule has 34 heavy (non-hydrogen) atoms. The molecule has 3 aromatic rings. The van der Waals surface area contributed by atoms with Crippen molar-refractivity contribution in [1.82, 2.24) is 0 Å². The molecule has 0 N–H and O–H groups in total. The third-order valence-electron chi connectivity index (χ3n) is 6.20. The van der Waals surface area contributed by atoms with Crippen LogP contribution in [0.3, 0.4) is 0 Å². The van der Waals surface area contributed by atoms with Gasteiger partial charge in [-0.3, -0.25) is 9.59 Å². The van der Waals surface area contributed by atoms with E-state index in [-0.39, 0.29) is 5.57 Å². The smallest absolute Gasteiger partial charge is 0.282 e. The fourth-order valence-electron chi connectivity index (χ4n) is 4.61. The lowest BCUT2D eigenvalue weighted by Gasteiger charge is -2.32. The molecule has 2 amide bonds. The van der Waals surface area contributed by atoms with Crippen molar-refractivity contribution < 1.29 is 23.5 Å². The van der Waals surface area contributed by atoms with Crippen molar-refractivity contribution in [2.45, 2.75) is 12.8 Å². The number of halogens is 1. The summed E-state index contributed by atoms with van der Waals surface area (Å²) in [6.45, 7) is 0.593. The number of fused-ring (bicyclic) bond motifs is 1. The molecule has 6 nitrogen and oxygen atoms in total. The van der Waals surface area contributed by atoms with Crippen LogP contribution in [-0.4, -0.2) is 32.6 Å². The first-order valence-corrected chi connectivity index (χ1v) is 11.0. The summed E-state index contributed by atoms with van der Waals surface area (Å²) in [5, 5.41) is 0. The van der Waals surface area contributed by atoms with Crippen LogP contribution in [0.4, 0.5) is 15.8 Å². The highest BCUT2D eigenvalue weighted by atomic mass is 19.1. The Balaban J connectivity index is 1.67. The van der Waals surface area contributed by atoms with Crippen LogP contribution in [0.1, 0.15) is 17.5 Å². The van der Waals surface area contributed by atoms with E-state index in [1.807, 2.05) is 29.2 Å². The molecule has 0 spiro atoms. The first-order chi connectivity index (χ1) is 16.5. The van der Waals surface area contributed by atoms with Gasteiger partial charge in [0.05, 0.1) is 25.5 Å². The fraction of sp³-hybridized carbons (Fsp3) is 0.185. The van der Waals surface area contributed by atoms with Crippen LogP contribution < -0.4 is 19.3 Å². The van der Waals surface area contributed by atoms with Crippen molar-refractivity contribution in [2.75, 3.05) is 30.6 Å². The molecule has 0 atom stereocenters. The fourth-order valence-corrected chi connectivity index (χ4v) is 4.61. The van der Waals surface area contributed by atoms with E-state index in [4.69, 9.17) is 9.47 Å². The second-order valence-corrected chi connectivity index (χ2v) is 8.10. The number of nitrogens with zero attached hydrogens (tertiary/aromatic N) is 2. The standard InChI is InChI=1S/C27H23FN2O4/c1-33-22-14-13-20(16-23(22)34-2)30-26(31)24(18-9-11-19(28)12-10-18)25(27(30)32)29-15-5-7-17-6-3-4-8-21(17)29/h3-4,6,8-14,16H,5,7,15H2,1-2H3. The van der Waals surface area contributed by atoms with E-state index in [1.54, 1.807) is 18.2 Å². The van der Waals surface area contributed by atoms with Crippen LogP contribution in [0.5, 0.6) is 11.5 Å². The zero-order valence-corrected chi connectivity index (χ0v) is 18.9. The van der Waals surface area contributed by atoms with Gasteiger partial charge in [-0.25, -0.2) is 9.29 Å². The van der Waals surface area contributed by atoms with Gasteiger partial charge in [-0.15, -0.1) is 0 Å². The van der Waals surface area contributed by atoms with E-state index in [1.165, 1.54) is 38.5 Å². The molecular formula is C27H23FN2O4. The van der Waals surface area contributed by atoms with Crippen LogP contribution in [-0.2, 0) is 16.0 Å². The average Bonchev–Trinajstić information content (AvgIpc) is 3.13. The summed E-state index contributed by atoms with van der Waals surface area (Å²) in [4.78, 5) is 30.7. The minimum atomic E-state index is -0.470. The number of ether oxygens (including phenoxy) is 2. The molecule has 0 saturated carbocycles. The second-order valence-electron chi connectivity index (χ2n) is 8.10. The molecule has 0 aliphatic carbocycles. The number of hydrogen-bond donors (Lipinski definition) is 0. The summed E-state index contributed by atoms with van der Waals surface area (Å²) in [5.74, 6) is -0.430. The van der Waals surface area contributed by atoms with Crippen LogP contribution in [0.15, 0.2) is 72.4 Å². The molecule has 0 unspecified atom stereocenters. The third-order valence-corrected chi connectivity index (χ3v) is 6.20. The first kappa shape index (κ1) is 21.7. The topological polar surface area (TPSA) is 59.1 Å². The van der Waals surface area contributed by atoms with Gasteiger partial charge < -0.3 is 14.4 Å². The Morgan fingerprint density at radius 2 is 1.59 bits per heavy atom. The highest BCUT2D eigenvalue weighted by molar-refractivity contribution is 6.46. The van der Waals surface area contributed by atoms with E-state index in [9.17, 15) is 14.0 Å². The number of para-hydroxylation sites is 1. The largest absolute Gasteiger partial charge is 0.493 e. The van der Waals surface area contributed by atoms with E-state index in [2.05, 4.69) is 0 Å². The second kappa shape index (κ2) is 8.67. The third kappa shape index (κ3) is 3.50. The van der Waals surface area contributed by atoms with E-state index in [0.29, 0.717) is 35.0 Å². The molecule has 0 radical (unpaired) electrons. The van der Waals surface area contributed by atoms with Crippen molar-refractivity contribution >= 4 is 28.8 Å². The minimum Gasteiger partial charge on any atom is -0.493 e. The van der Waals surface area contributed by atoms with Gasteiger partial charge in [0, 0.05) is 18.3 Å². The zero-order valence-electron chi connectivity index (χ0n) is 18.9. The Morgan fingerprint density at radius 3 is 2.32 bits per heavy atom. The Kier molecular flexibility index (Phi) is 5.53. The number of carbonyl (C=O) groups is 2. The Hall–Kier alpha value is -4.13. The summed E-state index contributed by atoms with van der Waals surface area (Å²) in [5.41, 5.74) is 3.41. The molecule has 0 aromatic heterocycles. The summed E-state index contributed by atoms with van der Waals surface area (Å²) in [6, 6.07) is 18.4. The van der Waals surface area contributed by atoms with Crippen LogP contribution >= 0.6 is 0 Å². The van der Waals surface area contributed by atoms with E-state index in [0.717, 1.165) is 29.0 Å². The Morgan fingerprint density at radius 1 is 0.853 bits per heavy atom. The number of aryl methyl sites for hydroxylation is 1. The molecule has 2 heterocycles. The molecule has 2 aliphatic heterocycles. The van der Waals surface area contributed by atoms with Crippen molar-refractivity contribution in [2.24, 2.45) is 0 Å². The Labute approximate surface area is 196 Å². The number of hydrogen-bond acceptors (Lipinski definition) is 5. The highest BCUT2D eigenvalue weighted by Gasteiger charge is 2.43. The minimum absolute atomic E-state index is 0.247. The lowest BCUT2D eigenvalue weighted by atomic mass is 9.98. The van der Waals surface area contributed by atoms with Gasteiger partial charge in [0.15, 0.2) is 11.5 Å². The summed E-state index contributed by atoms with van der Waals surface area (Å²) in [6.07, 6.45) is 1.74. The predicted octanol–water partition coefficient (Wildman–Crippen LogP) is 4.58. The number of rotatable bonds is 5. The SMILES string of the molecule is COc1ccc(N2C(=O)C(c3ccc(F)cc3)=C(N3CCCc4ccccc43)C2=O)cc1OC. The van der Waals surface area contributed by atoms with Crippen molar-refractivity contribution in [3.8, 4) is 11.5 Å². The predicted molar refractivity (Wildman–Crippen MR) is 127 cm³/mol. The molecule has 0 fully saturated rings. The van der Waals surface area contributed by atoms with Gasteiger partial charge in [0.2, 0.25) is 0 Å². The molecule has 0 saturated heterocycles. The number of benzene rings is 3. The molecule has 7 heteroatoms. The molecule has 3 aromatic carbocycles. The van der Waals surface area contributed by atoms with Gasteiger partial charge in [-0.05, 0) is 54.3 Å². The lowest BCUT2D eigenvalue weighted by Crippen LogP contribution is -2.37. The van der Waals surface area contributed by atoms with Gasteiger partial charge in [-0.1, -0.05) is 30.3 Å². The number of imide groups is 1. The molecule has 172 valence electrons. The molecule has 2 aliphatic rings. The van der Waals surface area contributed by atoms with Crippen molar-refractivity contribution in [3.05, 3.63) is 89.4 Å². The first-order valence-electron chi connectivity index (χ1n) is 11.0. The van der Waals surface area contributed by atoms with Crippen LogP contribution in [0.25, 0.3) is 5.57 Å². The van der Waals surface area contributed by atoms with E-state index >= 15 is 0 Å². The van der Waals surface area contributed by atoms with Crippen LogP contribution in [0, 0.1) is 5.82 Å². The maximum absolute atomic E-state index is 13.9. The van der Waals surface area contributed by atoms with Gasteiger partial charge in [-0.2, -0.15) is 0 Å². The van der Waals surface area contributed by atoms with E-state index < -0.39 is 17.6 Å². The quantitative estimate of drug-likeness (QED) is 0.524. The summed E-state index contributed by atoms with van der Waals surface area (Å²) in [7, 11) is 3.01. The molecular weight excluding hydrogens is 435 g/mol. The van der Waals surface area contributed by atoms with Crippen molar-refractivity contribution in [3.63, 3.8) is 0 Å². The van der Waals surface area contributed by atoms with Crippen molar-refractivity contribution in [1.29, 1.82) is 0 Å². The van der Waals surface area contributed by atoms with Gasteiger partial charge in [0.25, 0.3) is 11.8 Å². The highest BCUT2D eigenvalue weighted by Crippen LogP contribution is 2.41. The molecule has 5 rings (SSSR count). The summed E-state index contributed by atoms with van der Waals surface area (Å²) >= 11 is 0. The number of anilines is 2. The number of amides is 2. The Bertz CT molecular complexity index is 1320. The summed E-state index contributed by atoms with van der Waals surface area (Å²) < 4.78 is 24.4. The average molecular weight is 458 g/mol. The maximum Gasteiger partial charge on any atom is 0.282 e. The monoisotopic (exact) mass is 458 g/mol. The zero-order chi connectivity index (χ0) is 23.8. The lowest BCUT2D eigenvalue weighted by molar-refractivity contribution is -0.120. The van der Waals surface area contributed by atoms with Crippen LogP contribution in [0.2, 0.25) is 0 Å². The maximum atomic E-state index is 13.9. The van der Waals surface area contributed by atoms with Gasteiger partial charge in [0.1, 0.15) is 11.5 Å². The molecule has 0 bridgehead atoms. The normalized spacial score (nSPS) is 15.6.